The molecule has 0 N–H and O–H groups in total. The Kier molecular flexibility index (Phi) is 7.56. The van der Waals surface area contributed by atoms with E-state index in [1.54, 1.807) is 12.1 Å². The number of halogens is 2. The molecule has 0 aliphatic rings. The van der Waals surface area contributed by atoms with Crippen molar-refractivity contribution in [1.29, 1.82) is 5.26 Å². The fourth-order valence-electron chi connectivity index (χ4n) is 2.81. The maximum Gasteiger partial charge on any atom is 0.175 e. The summed E-state index contributed by atoms with van der Waals surface area (Å²) in [4.78, 5) is 0. The van der Waals surface area contributed by atoms with E-state index in [1.807, 2.05) is 67.6 Å². The highest BCUT2D eigenvalue weighted by molar-refractivity contribution is 14.1. The third kappa shape index (κ3) is 5.75. The fourth-order valence-corrected chi connectivity index (χ4v) is 3.78. The summed E-state index contributed by atoms with van der Waals surface area (Å²) in [5, 5.41) is 10.2. The monoisotopic (exact) mass is 515 g/mol. The van der Waals surface area contributed by atoms with Gasteiger partial charge in [-0.15, -0.1) is 0 Å². The Morgan fingerprint density at radius 1 is 1.07 bits per heavy atom. The summed E-state index contributed by atoms with van der Waals surface area (Å²) >= 11 is 8.31. The molecule has 0 bridgehead atoms. The molecule has 3 aromatic carbocycles. The molecule has 0 aromatic heterocycles. The maximum absolute atomic E-state index is 9.62. The van der Waals surface area contributed by atoms with Crippen LogP contribution in [-0.4, -0.2) is 6.61 Å². The van der Waals surface area contributed by atoms with Crippen molar-refractivity contribution in [2.24, 2.45) is 0 Å². The van der Waals surface area contributed by atoms with Crippen LogP contribution in [0.15, 0.2) is 66.7 Å². The average molecular weight is 516 g/mol. The molecule has 0 amide bonds. The van der Waals surface area contributed by atoms with Crippen LogP contribution in [0, 0.1) is 14.9 Å². The number of nitriles is 1. The first-order valence-corrected chi connectivity index (χ1v) is 10.6. The summed E-state index contributed by atoms with van der Waals surface area (Å²) in [6.45, 7) is 2.91. The minimum Gasteiger partial charge on any atom is -0.490 e. The number of rotatable bonds is 7. The van der Waals surface area contributed by atoms with Gasteiger partial charge in [0.25, 0.3) is 0 Å². The number of benzene rings is 3. The van der Waals surface area contributed by atoms with Crippen LogP contribution >= 0.6 is 34.2 Å². The highest BCUT2D eigenvalue weighted by Gasteiger charge is 2.13. The van der Waals surface area contributed by atoms with E-state index >= 15 is 0 Å². The predicted molar refractivity (Wildman–Crippen MR) is 126 cm³/mol. The Balaban J connectivity index is 1.93. The van der Waals surface area contributed by atoms with Crippen LogP contribution in [0.3, 0.4) is 0 Å². The predicted octanol–water partition coefficient (Wildman–Crippen LogP) is 6.99. The van der Waals surface area contributed by atoms with Crippen molar-refractivity contribution in [3.05, 3.63) is 92.0 Å². The molecule has 3 rings (SSSR count). The van der Waals surface area contributed by atoms with Crippen LogP contribution < -0.4 is 9.47 Å². The topological polar surface area (TPSA) is 42.2 Å². The Hall–Kier alpha value is -2.49. The molecule has 0 atom stereocenters. The molecule has 0 saturated carbocycles. The standard InChI is InChI=1S/C24H19ClINO2/c1-2-28-23-13-18(11-20(15-27)19-9-6-10-21(25)14-19)12-22(26)24(23)29-16-17-7-4-3-5-8-17/h3-14H,2,16H2,1H3/b20-11-. The summed E-state index contributed by atoms with van der Waals surface area (Å²) in [6, 6.07) is 23.4. The lowest BCUT2D eigenvalue weighted by molar-refractivity contribution is 0.267. The van der Waals surface area contributed by atoms with Crippen LogP contribution in [0.4, 0.5) is 0 Å². The highest BCUT2D eigenvalue weighted by Crippen LogP contribution is 2.36. The van der Waals surface area contributed by atoms with E-state index in [4.69, 9.17) is 21.1 Å². The van der Waals surface area contributed by atoms with Crippen LogP contribution in [0.1, 0.15) is 23.6 Å². The van der Waals surface area contributed by atoms with Gasteiger partial charge in [0.05, 0.1) is 21.8 Å². The highest BCUT2D eigenvalue weighted by atomic mass is 127. The van der Waals surface area contributed by atoms with Crippen LogP contribution in [0.5, 0.6) is 11.5 Å². The first-order chi connectivity index (χ1) is 14.1. The lowest BCUT2D eigenvalue weighted by atomic mass is 10.0. The van der Waals surface area contributed by atoms with Gasteiger partial charge in [0.1, 0.15) is 6.61 Å². The lowest BCUT2D eigenvalue weighted by Crippen LogP contribution is -2.02. The first-order valence-electron chi connectivity index (χ1n) is 9.11. The number of allylic oxidation sites excluding steroid dienone is 1. The van der Waals surface area contributed by atoms with E-state index in [1.165, 1.54) is 0 Å². The fraction of sp³-hybridized carbons (Fsp3) is 0.125. The number of nitrogens with zero attached hydrogens (tertiary/aromatic N) is 1. The molecule has 146 valence electrons. The largest absolute Gasteiger partial charge is 0.490 e. The quantitative estimate of drug-likeness (QED) is 0.194. The van der Waals surface area contributed by atoms with Crippen LogP contribution in [0.25, 0.3) is 11.6 Å². The second kappa shape index (κ2) is 10.3. The molecule has 0 heterocycles. The Labute approximate surface area is 189 Å². The molecule has 0 spiro atoms. The van der Waals surface area contributed by atoms with Gasteiger partial charge in [0.2, 0.25) is 0 Å². The van der Waals surface area contributed by atoms with E-state index in [-0.39, 0.29) is 0 Å². The minimum atomic E-state index is 0.456. The number of hydrogen-bond acceptors (Lipinski definition) is 3. The molecule has 29 heavy (non-hydrogen) atoms. The zero-order valence-electron chi connectivity index (χ0n) is 15.9. The zero-order chi connectivity index (χ0) is 20.6. The van der Waals surface area contributed by atoms with Gasteiger partial charge in [-0.05, 0) is 76.5 Å². The first kappa shape index (κ1) is 21.2. The van der Waals surface area contributed by atoms with Crippen LogP contribution in [0.2, 0.25) is 5.02 Å². The van der Waals surface area contributed by atoms with E-state index in [0.717, 1.165) is 20.3 Å². The minimum absolute atomic E-state index is 0.456. The summed E-state index contributed by atoms with van der Waals surface area (Å²) < 4.78 is 12.8. The normalized spacial score (nSPS) is 11.0. The molecule has 0 fully saturated rings. The van der Waals surface area contributed by atoms with Gasteiger partial charge < -0.3 is 9.47 Å². The Bertz CT molecular complexity index is 1060. The smallest absolute Gasteiger partial charge is 0.175 e. The van der Waals surface area contributed by atoms with Gasteiger partial charge in [-0.1, -0.05) is 54.1 Å². The summed E-state index contributed by atoms with van der Waals surface area (Å²) in [5.74, 6) is 1.36. The molecule has 0 saturated heterocycles. The van der Waals surface area contributed by atoms with E-state index < -0.39 is 0 Å². The zero-order valence-corrected chi connectivity index (χ0v) is 18.8. The molecule has 0 aliphatic carbocycles. The van der Waals surface area contributed by atoms with Gasteiger partial charge in [-0.3, -0.25) is 0 Å². The third-order valence-electron chi connectivity index (χ3n) is 4.12. The second-order valence-corrected chi connectivity index (χ2v) is 7.82. The van der Waals surface area contributed by atoms with Gasteiger partial charge >= 0.3 is 0 Å². The van der Waals surface area contributed by atoms with Crippen molar-refractivity contribution in [2.45, 2.75) is 13.5 Å². The van der Waals surface area contributed by atoms with Gasteiger partial charge in [0, 0.05) is 5.02 Å². The van der Waals surface area contributed by atoms with Crippen LogP contribution in [-0.2, 0) is 6.61 Å². The summed E-state index contributed by atoms with van der Waals surface area (Å²) in [7, 11) is 0. The Morgan fingerprint density at radius 3 is 2.55 bits per heavy atom. The molecule has 0 radical (unpaired) electrons. The second-order valence-electron chi connectivity index (χ2n) is 6.22. The van der Waals surface area contributed by atoms with Gasteiger partial charge in [0.15, 0.2) is 11.5 Å². The van der Waals surface area contributed by atoms with E-state index in [0.29, 0.717) is 35.3 Å². The molecule has 0 aliphatic heterocycles. The third-order valence-corrected chi connectivity index (χ3v) is 5.16. The molecule has 0 unspecified atom stereocenters. The van der Waals surface area contributed by atoms with Crippen molar-refractivity contribution in [3.8, 4) is 17.6 Å². The summed E-state index contributed by atoms with van der Waals surface area (Å²) in [5.41, 5.74) is 3.25. The SMILES string of the molecule is CCOc1cc(/C=C(/C#N)c2cccc(Cl)c2)cc(I)c1OCc1ccccc1. The number of ether oxygens (including phenoxy) is 2. The van der Waals surface area contributed by atoms with Gasteiger partial charge in [-0.2, -0.15) is 5.26 Å². The molecular weight excluding hydrogens is 497 g/mol. The number of hydrogen-bond donors (Lipinski definition) is 0. The average Bonchev–Trinajstić information content (AvgIpc) is 2.72. The summed E-state index contributed by atoms with van der Waals surface area (Å²) in [6.07, 6.45) is 1.83. The van der Waals surface area contributed by atoms with Crippen molar-refractivity contribution in [2.75, 3.05) is 6.61 Å². The van der Waals surface area contributed by atoms with E-state index in [9.17, 15) is 5.26 Å². The van der Waals surface area contributed by atoms with E-state index in [2.05, 4.69) is 28.7 Å². The van der Waals surface area contributed by atoms with Crippen molar-refractivity contribution in [3.63, 3.8) is 0 Å². The maximum atomic E-state index is 9.62. The van der Waals surface area contributed by atoms with Crippen molar-refractivity contribution < 1.29 is 9.47 Å². The molecule has 3 aromatic rings. The lowest BCUT2D eigenvalue weighted by Gasteiger charge is -2.15. The molecular formula is C24H19ClINO2. The molecule has 3 nitrogen and oxygen atoms in total. The van der Waals surface area contributed by atoms with Crippen molar-refractivity contribution in [1.82, 2.24) is 0 Å². The molecule has 5 heteroatoms. The Morgan fingerprint density at radius 2 is 1.86 bits per heavy atom. The van der Waals surface area contributed by atoms with Gasteiger partial charge in [-0.25, -0.2) is 0 Å². The van der Waals surface area contributed by atoms with Crippen molar-refractivity contribution >= 4 is 45.8 Å².